The molecule has 0 amide bonds. The molecule has 1 aromatic rings. The highest BCUT2D eigenvalue weighted by atomic mass is 19.4. The summed E-state index contributed by atoms with van der Waals surface area (Å²) in [4.78, 5) is 0. The number of hydrogen-bond donors (Lipinski definition) is 0. The van der Waals surface area contributed by atoms with E-state index in [1.54, 1.807) is 24.3 Å². The fraction of sp³-hybridized carbons (Fsp3) is 0.333. The molecule has 0 saturated carbocycles. The molecule has 4 heteroatoms. The van der Waals surface area contributed by atoms with Crippen molar-refractivity contribution in [3.8, 4) is 0 Å². The zero-order chi connectivity index (χ0) is 12.2. The van der Waals surface area contributed by atoms with E-state index >= 15 is 0 Å². The lowest BCUT2D eigenvalue weighted by Gasteiger charge is -2.08. The van der Waals surface area contributed by atoms with E-state index in [2.05, 4.69) is 0 Å². The number of ether oxygens (including phenoxy) is 1. The summed E-state index contributed by atoms with van der Waals surface area (Å²) in [5, 5.41) is 0. The Hall–Kier alpha value is -1.45. The van der Waals surface area contributed by atoms with Crippen molar-refractivity contribution in [2.75, 3.05) is 7.11 Å². The molecule has 0 N–H and O–H groups in total. The van der Waals surface area contributed by atoms with Crippen molar-refractivity contribution in [3.05, 3.63) is 41.5 Å². The highest BCUT2D eigenvalue weighted by molar-refractivity contribution is 5.60. The molecule has 0 aliphatic heterocycles. The third-order valence-electron chi connectivity index (χ3n) is 2.16. The average molecular weight is 230 g/mol. The maximum Gasteiger partial charge on any atom is 0.413 e. The van der Waals surface area contributed by atoms with Crippen LogP contribution < -0.4 is 0 Å². The number of methoxy groups -OCH3 is 1. The van der Waals surface area contributed by atoms with Crippen molar-refractivity contribution in [1.82, 2.24) is 0 Å². The molecular weight excluding hydrogens is 217 g/mol. The Bertz CT molecular complexity index is 363. The molecule has 16 heavy (non-hydrogen) atoms. The Labute approximate surface area is 92.5 Å². The second-order valence-corrected chi connectivity index (χ2v) is 3.30. The highest BCUT2D eigenvalue weighted by Gasteiger charge is 2.25. The first kappa shape index (κ1) is 12.6. The van der Waals surface area contributed by atoms with Crippen LogP contribution in [0.15, 0.2) is 30.3 Å². The van der Waals surface area contributed by atoms with Gasteiger partial charge < -0.3 is 4.74 Å². The first-order chi connectivity index (χ1) is 7.46. The zero-order valence-corrected chi connectivity index (χ0v) is 9.14. The normalized spacial score (nSPS) is 12.7. The minimum Gasteiger partial charge on any atom is -0.496 e. The monoisotopic (exact) mass is 230 g/mol. The van der Waals surface area contributed by atoms with Crippen LogP contribution in [0.25, 0.3) is 5.76 Å². The summed E-state index contributed by atoms with van der Waals surface area (Å²) < 4.78 is 41.2. The SMILES string of the molecule is CCc1ccc(C(=CC(F)(F)F)OC)cc1. The van der Waals surface area contributed by atoms with Crippen molar-refractivity contribution in [3.63, 3.8) is 0 Å². The molecule has 1 rings (SSSR count). The molecule has 0 atom stereocenters. The van der Waals surface area contributed by atoms with Crippen LogP contribution in [0, 0.1) is 0 Å². The van der Waals surface area contributed by atoms with E-state index in [1.165, 1.54) is 7.11 Å². The first-order valence-electron chi connectivity index (χ1n) is 4.89. The molecular formula is C12H13F3O. The molecule has 0 aliphatic rings. The van der Waals surface area contributed by atoms with Crippen LogP contribution in [0.5, 0.6) is 0 Å². The molecule has 88 valence electrons. The van der Waals surface area contributed by atoms with Crippen molar-refractivity contribution >= 4 is 5.76 Å². The van der Waals surface area contributed by atoms with Gasteiger partial charge in [-0.25, -0.2) is 0 Å². The molecule has 0 unspecified atom stereocenters. The third kappa shape index (κ3) is 3.61. The predicted molar refractivity (Wildman–Crippen MR) is 56.9 cm³/mol. The van der Waals surface area contributed by atoms with Gasteiger partial charge in [-0.3, -0.25) is 0 Å². The topological polar surface area (TPSA) is 9.23 Å². The maximum absolute atomic E-state index is 12.2. The van der Waals surface area contributed by atoms with Gasteiger partial charge in [0.05, 0.1) is 13.2 Å². The Morgan fingerprint density at radius 1 is 1.25 bits per heavy atom. The van der Waals surface area contributed by atoms with Crippen LogP contribution in [0.4, 0.5) is 13.2 Å². The van der Waals surface area contributed by atoms with E-state index in [-0.39, 0.29) is 11.8 Å². The Morgan fingerprint density at radius 2 is 1.81 bits per heavy atom. The first-order valence-corrected chi connectivity index (χ1v) is 4.89. The highest BCUT2D eigenvalue weighted by Crippen LogP contribution is 2.24. The van der Waals surface area contributed by atoms with Gasteiger partial charge in [0.15, 0.2) is 0 Å². The molecule has 0 radical (unpaired) electrons. The van der Waals surface area contributed by atoms with Crippen molar-refractivity contribution in [1.29, 1.82) is 0 Å². The van der Waals surface area contributed by atoms with Gasteiger partial charge in [-0.15, -0.1) is 0 Å². The lowest BCUT2D eigenvalue weighted by Crippen LogP contribution is -2.04. The number of allylic oxidation sites excluding steroid dienone is 1. The Morgan fingerprint density at radius 3 is 2.19 bits per heavy atom. The summed E-state index contributed by atoms with van der Waals surface area (Å²) in [5.41, 5.74) is 1.50. The van der Waals surface area contributed by atoms with Gasteiger partial charge in [0.2, 0.25) is 0 Å². The van der Waals surface area contributed by atoms with Crippen molar-refractivity contribution in [2.45, 2.75) is 19.5 Å². The largest absolute Gasteiger partial charge is 0.496 e. The van der Waals surface area contributed by atoms with Crippen LogP contribution in [0.1, 0.15) is 18.1 Å². The molecule has 0 saturated heterocycles. The standard InChI is InChI=1S/C12H13F3O/c1-3-9-4-6-10(7-5-9)11(16-2)8-12(13,14)15/h4-8H,3H2,1-2H3. The molecule has 0 spiro atoms. The minimum atomic E-state index is -4.37. The number of rotatable bonds is 3. The van der Waals surface area contributed by atoms with Gasteiger partial charge in [0.25, 0.3) is 0 Å². The zero-order valence-electron chi connectivity index (χ0n) is 9.14. The van der Waals surface area contributed by atoms with E-state index in [0.29, 0.717) is 5.56 Å². The second kappa shape index (κ2) is 5.05. The van der Waals surface area contributed by atoms with E-state index in [0.717, 1.165) is 12.0 Å². The van der Waals surface area contributed by atoms with Crippen LogP contribution in [0.2, 0.25) is 0 Å². The lowest BCUT2D eigenvalue weighted by molar-refractivity contribution is -0.0804. The number of hydrogen-bond acceptors (Lipinski definition) is 1. The fourth-order valence-electron chi connectivity index (χ4n) is 1.31. The van der Waals surface area contributed by atoms with Crippen LogP contribution >= 0.6 is 0 Å². The summed E-state index contributed by atoms with van der Waals surface area (Å²) in [5.74, 6) is -0.171. The molecule has 0 aliphatic carbocycles. The second-order valence-electron chi connectivity index (χ2n) is 3.30. The molecule has 0 heterocycles. The van der Waals surface area contributed by atoms with Gasteiger partial charge in [-0.1, -0.05) is 31.2 Å². The van der Waals surface area contributed by atoms with Crippen LogP contribution in [-0.2, 0) is 11.2 Å². The molecule has 0 bridgehead atoms. The van der Waals surface area contributed by atoms with Crippen LogP contribution in [0.3, 0.4) is 0 Å². The smallest absolute Gasteiger partial charge is 0.413 e. The van der Waals surface area contributed by atoms with Gasteiger partial charge >= 0.3 is 6.18 Å². The summed E-state index contributed by atoms with van der Waals surface area (Å²) in [6.07, 6.45) is -3.35. The van der Waals surface area contributed by atoms with E-state index in [9.17, 15) is 13.2 Å². The van der Waals surface area contributed by atoms with E-state index < -0.39 is 6.18 Å². The number of benzene rings is 1. The molecule has 1 nitrogen and oxygen atoms in total. The van der Waals surface area contributed by atoms with Gasteiger partial charge in [-0.05, 0) is 12.0 Å². The van der Waals surface area contributed by atoms with Gasteiger partial charge in [0.1, 0.15) is 5.76 Å². The van der Waals surface area contributed by atoms with Crippen molar-refractivity contribution < 1.29 is 17.9 Å². The predicted octanol–water partition coefficient (Wildman–Crippen LogP) is 3.80. The Balaban J connectivity index is 3.00. The quantitative estimate of drug-likeness (QED) is 0.717. The summed E-state index contributed by atoms with van der Waals surface area (Å²) in [6, 6.07) is 6.83. The van der Waals surface area contributed by atoms with Crippen molar-refractivity contribution in [2.24, 2.45) is 0 Å². The number of aryl methyl sites for hydroxylation is 1. The number of alkyl halides is 3. The van der Waals surface area contributed by atoms with Gasteiger partial charge in [-0.2, -0.15) is 13.2 Å². The van der Waals surface area contributed by atoms with Gasteiger partial charge in [0, 0.05) is 5.56 Å². The van der Waals surface area contributed by atoms with Crippen LogP contribution in [-0.4, -0.2) is 13.3 Å². The third-order valence-corrected chi connectivity index (χ3v) is 2.16. The van der Waals surface area contributed by atoms with E-state index in [4.69, 9.17) is 4.74 Å². The summed E-state index contributed by atoms with van der Waals surface area (Å²) in [7, 11) is 1.23. The Kier molecular flexibility index (Phi) is 3.99. The average Bonchev–Trinajstić information content (AvgIpc) is 2.25. The summed E-state index contributed by atoms with van der Waals surface area (Å²) in [6.45, 7) is 1.98. The molecule has 0 aromatic heterocycles. The number of halogens is 3. The summed E-state index contributed by atoms with van der Waals surface area (Å²) >= 11 is 0. The lowest BCUT2D eigenvalue weighted by atomic mass is 10.1. The minimum absolute atomic E-state index is 0.161. The molecule has 1 aromatic carbocycles. The maximum atomic E-state index is 12.2. The van der Waals surface area contributed by atoms with E-state index in [1.807, 2.05) is 6.92 Å². The molecule has 0 fully saturated rings. The fourth-order valence-corrected chi connectivity index (χ4v) is 1.31.